The molecule has 1 saturated heterocycles. The maximum atomic E-state index is 12.5. The summed E-state index contributed by atoms with van der Waals surface area (Å²) in [6, 6.07) is 15.2. The molecule has 0 aliphatic carbocycles. The van der Waals surface area contributed by atoms with E-state index in [1.54, 1.807) is 29.2 Å². The van der Waals surface area contributed by atoms with Gasteiger partial charge in [0.25, 0.3) is 5.91 Å². The van der Waals surface area contributed by atoms with Crippen molar-refractivity contribution < 1.29 is 13.2 Å². The van der Waals surface area contributed by atoms with Crippen LogP contribution in [0.3, 0.4) is 0 Å². The standard InChI is InChI=1S/C18H20N2O3S/c19-16-10-11-20(12-16)18(21)15-6-8-17(9-7-15)24(22,23)13-14-4-2-1-3-5-14/h1-9,16H,10-13,19H2/t16-/m1/s1. The van der Waals surface area contributed by atoms with Crippen molar-refractivity contribution in [2.75, 3.05) is 13.1 Å². The van der Waals surface area contributed by atoms with Gasteiger partial charge in [0.1, 0.15) is 0 Å². The quantitative estimate of drug-likeness (QED) is 0.918. The van der Waals surface area contributed by atoms with Gasteiger partial charge in [-0.25, -0.2) is 8.42 Å². The fraction of sp³-hybridized carbons (Fsp3) is 0.278. The van der Waals surface area contributed by atoms with Crippen molar-refractivity contribution in [1.82, 2.24) is 4.90 Å². The summed E-state index contributed by atoms with van der Waals surface area (Å²) in [7, 11) is -3.43. The lowest BCUT2D eigenvalue weighted by molar-refractivity contribution is 0.0791. The van der Waals surface area contributed by atoms with Crippen LogP contribution < -0.4 is 5.73 Å². The van der Waals surface area contributed by atoms with Gasteiger partial charge in [-0.1, -0.05) is 30.3 Å². The number of carbonyl (C=O) groups is 1. The number of likely N-dealkylation sites (tertiary alicyclic amines) is 1. The third-order valence-corrected chi connectivity index (χ3v) is 5.88. The highest BCUT2D eigenvalue weighted by Gasteiger charge is 2.25. The van der Waals surface area contributed by atoms with Gasteiger partial charge in [0.2, 0.25) is 0 Å². The zero-order valence-electron chi connectivity index (χ0n) is 13.3. The summed E-state index contributed by atoms with van der Waals surface area (Å²) in [5.41, 5.74) is 7.05. The fourth-order valence-corrected chi connectivity index (χ4v) is 4.18. The molecule has 2 aromatic rings. The van der Waals surface area contributed by atoms with Crippen LogP contribution in [0.5, 0.6) is 0 Å². The number of rotatable bonds is 4. The highest BCUT2D eigenvalue weighted by Crippen LogP contribution is 2.19. The minimum absolute atomic E-state index is 0.0273. The number of benzene rings is 2. The molecule has 5 nitrogen and oxygen atoms in total. The van der Waals surface area contributed by atoms with Crippen molar-refractivity contribution in [3.05, 3.63) is 65.7 Å². The molecular weight excluding hydrogens is 324 g/mol. The summed E-state index contributed by atoms with van der Waals surface area (Å²) >= 11 is 0. The van der Waals surface area contributed by atoms with Gasteiger partial charge in [-0.15, -0.1) is 0 Å². The predicted octanol–water partition coefficient (Wildman–Crippen LogP) is 1.83. The molecule has 126 valence electrons. The lowest BCUT2D eigenvalue weighted by Gasteiger charge is -2.16. The summed E-state index contributed by atoms with van der Waals surface area (Å²) in [6.45, 7) is 1.20. The van der Waals surface area contributed by atoms with E-state index in [0.29, 0.717) is 18.7 Å². The molecule has 0 aromatic heterocycles. The van der Waals surface area contributed by atoms with Crippen LogP contribution in [-0.2, 0) is 15.6 Å². The predicted molar refractivity (Wildman–Crippen MR) is 92.3 cm³/mol. The van der Waals surface area contributed by atoms with E-state index in [-0.39, 0.29) is 22.6 Å². The molecule has 2 N–H and O–H groups in total. The van der Waals surface area contributed by atoms with E-state index in [0.717, 1.165) is 12.0 Å². The molecule has 1 heterocycles. The molecule has 2 aromatic carbocycles. The first-order valence-electron chi connectivity index (χ1n) is 7.87. The summed E-state index contributed by atoms with van der Waals surface area (Å²) < 4.78 is 24.9. The second-order valence-electron chi connectivity index (χ2n) is 6.07. The normalized spacial score (nSPS) is 17.9. The Kier molecular flexibility index (Phi) is 4.69. The van der Waals surface area contributed by atoms with E-state index < -0.39 is 9.84 Å². The van der Waals surface area contributed by atoms with Crippen LogP contribution in [0.25, 0.3) is 0 Å². The first kappa shape index (κ1) is 16.7. The Morgan fingerprint density at radius 1 is 1.08 bits per heavy atom. The topological polar surface area (TPSA) is 80.5 Å². The summed E-state index contributed by atoms with van der Waals surface area (Å²) in [6.07, 6.45) is 0.801. The Bertz CT molecular complexity index is 817. The fourth-order valence-electron chi connectivity index (χ4n) is 2.84. The van der Waals surface area contributed by atoms with Gasteiger partial charge in [-0.05, 0) is 36.2 Å². The SMILES string of the molecule is N[C@@H]1CCN(C(=O)c2ccc(S(=O)(=O)Cc3ccccc3)cc2)C1. The lowest BCUT2D eigenvalue weighted by atomic mass is 10.2. The van der Waals surface area contributed by atoms with Gasteiger partial charge in [0.05, 0.1) is 10.6 Å². The minimum atomic E-state index is -3.43. The van der Waals surface area contributed by atoms with Crippen molar-refractivity contribution >= 4 is 15.7 Å². The summed E-state index contributed by atoms with van der Waals surface area (Å²) in [5, 5.41) is 0. The van der Waals surface area contributed by atoms with Crippen LogP contribution in [0.1, 0.15) is 22.3 Å². The Balaban J connectivity index is 1.75. The zero-order valence-corrected chi connectivity index (χ0v) is 14.1. The molecule has 6 heteroatoms. The average molecular weight is 344 g/mol. The molecule has 0 radical (unpaired) electrons. The second kappa shape index (κ2) is 6.75. The van der Waals surface area contributed by atoms with Crippen LogP contribution in [0, 0.1) is 0 Å². The monoisotopic (exact) mass is 344 g/mol. The average Bonchev–Trinajstić information content (AvgIpc) is 3.01. The van der Waals surface area contributed by atoms with Crippen LogP contribution in [0.2, 0.25) is 0 Å². The van der Waals surface area contributed by atoms with E-state index in [2.05, 4.69) is 0 Å². The Morgan fingerprint density at radius 3 is 2.33 bits per heavy atom. The first-order chi connectivity index (χ1) is 11.5. The van der Waals surface area contributed by atoms with Crippen LogP contribution >= 0.6 is 0 Å². The molecule has 1 aliphatic rings. The maximum Gasteiger partial charge on any atom is 0.253 e. The number of hydrogen-bond donors (Lipinski definition) is 1. The molecule has 1 aliphatic heterocycles. The lowest BCUT2D eigenvalue weighted by Crippen LogP contribution is -2.31. The second-order valence-corrected chi connectivity index (χ2v) is 8.06. The van der Waals surface area contributed by atoms with Crippen LogP contribution in [0.4, 0.5) is 0 Å². The van der Waals surface area contributed by atoms with E-state index in [4.69, 9.17) is 5.73 Å². The van der Waals surface area contributed by atoms with Crippen LogP contribution in [0.15, 0.2) is 59.5 Å². The molecule has 3 rings (SSSR count). The maximum absolute atomic E-state index is 12.5. The molecular formula is C18H20N2O3S. The molecule has 0 bridgehead atoms. The van der Waals surface area contributed by atoms with Crippen molar-refractivity contribution in [3.8, 4) is 0 Å². The van der Waals surface area contributed by atoms with E-state index in [1.165, 1.54) is 12.1 Å². The third-order valence-electron chi connectivity index (χ3n) is 4.17. The van der Waals surface area contributed by atoms with Gasteiger partial charge in [0, 0.05) is 24.7 Å². The van der Waals surface area contributed by atoms with E-state index >= 15 is 0 Å². The van der Waals surface area contributed by atoms with Crippen molar-refractivity contribution in [1.29, 1.82) is 0 Å². The highest BCUT2D eigenvalue weighted by molar-refractivity contribution is 7.90. The largest absolute Gasteiger partial charge is 0.337 e. The number of carbonyl (C=O) groups excluding carboxylic acids is 1. The number of sulfone groups is 1. The summed E-state index contributed by atoms with van der Waals surface area (Å²) in [5.74, 6) is -0.155. The zero-order chi connectivity index (χ0) is 17.2. The van der Waals surface area contributed by atoms with E-state index in [9.17, 15) is 13.2 Å². The van der Waals surface area contributed by atoms with Crippen LogP contribution in [-0.4, -0.2) is 38.4 Å². The van der Waals surface area contributed by atoms with Gasteiger partial charge in [-0.3, -0.25) is 4.79 Å². The number of hydrogen-bond acceptors (Lipinski definition) is 4. The molecule has 1 atom stereocenters. The van der Waals surface area contributed by atoms with Gasteiger partial charge in [0.15, 0.2) is 9.84 Å². The van der Waals surface area contributed by atoms with Crippen molar-refractivity contribution in [2.24, 2.45) is 5.73 Å². The van der Waals surface area contributed by atoms with E-state index in [1.807, 2.05) is 18.2 Å². The Morgan fingerprint density at radius 2 is 1.75 bits per heavy atom. The summed E-state index contributed by atoms with van der Waals surface area (Å²) in [4.78, 5) is 14.3. The van der Waals surface area contributed by atoms with Gasteiger partial charge >= 0.3 is 0 Å². The van der Waals surface area contributed by atoms with Gasteiger partial charge < -0.3 is 10.6 Å². The molecule has 1 amide bonds. The number of nitrogens with zero attached hydrogens (tertiary/aromatic N) is 1. The molecule has 0 spiro atoms. The molecule has 1 fully saturated rings. The number of amides is 1. The van der Waals surface area contributed by atoms with Crippen molar-refractivity contribution in [2.45, 2.75) is 23.1 Å². The first-order valence-corrected chi connectivity index (χ1v) is 9.52. The Hall–Kier alpha value is -2.18. The van der Waals surface area contributed by atoms with Gasteiger partial charge in [-0.2, -0.15) is 0 Å². The molecule has 24 heavy (non-hydrogen) atoms. The third kappa shape index (κ3) is 3.66. The minimum Gasteiger partial charge on any atom is -0.337 e. The molecule has 0 unspecified atom stereocenters. The Labute approximate surface area is 142 Å². The molecule has 0 saturated carbocycles. The van der Waals surface area contributed by atoms with Crippen molar-refractivity contribution in [3.63, 3.8) is 0 Å². The highest BCUT2D eigenvalue weighted by atomic mass is 32.2. The number of nitrogens with two attached hydrogens (primary N) is 1. The smallest absolute Gasteiger partial charge is 0.253 e.